The fourth-order valence-corrected chi connectivity index (χ4v) is 3.70. The molecule has 0 aromatic heterocycles. The highest BCUT2D eigenvalue weighted by molar-refractivity contribution is 9.11. The van der Waals surface area contributed by atoms with Crippen molar-refractivity contribution in [1.29, 1.82) is 0 Å². The van der Waals surface area contributed by atoms with Gasteiger partial charge in [-0.25, -0.2) is 0 Å². The van der Waals surface area contributed by atoms with Crippen LogP contribution in [-0.4, -0.2) is 32.3 Å². The Hall–Kier alpha value is -1.57. The molecule has 132 valence electrons. The number of para-hydroxylation sites is 1. The molecule has 1 aliphatic heterocycles. The maximum Gasteiger partial charge on any atom is 0.255 e. The van der Waals surface area contributed by atoms with E-state index < -0.39 is 0 Å². The monoisotopic (exact) mass is 469 g/mol. The summed E-state index contributed by atoms with van der Waals surface area (Å²) in [5.41, 5.74) is 1.16. The van der Waals surface area contributed by atoms with Gasteiger partial charge in [0.25, 0.3) is 5.91 Å². The van der Waals surface area contributed by atoms with Crippen LogP contribution in [0.4, 0.5) is 5.69 Å². The van der Waals surface area contributed by atoms with E-state index in [9.17, 15) is 4.79 Å². The standard InChI is InChI=1S/C18H17Br2NO4/c1-23-15-6-5-11(9-16(15)25-12-7-8-24-10-12)18(22)21-17-13(19)3-2-4-14(17)20/h2-6,9,12H,7-8,10H2,1H3,(H,21,22). The van der Waals surface area contributed by atoms with Crippen molar-refractivity contribution in [2.24, 2.45) is 0 Å². The average molecular weight is 471 g/mol. The van der Waals surface area contributed by atoms with Crippen molar-refractivity contribution in [1.82, 2.24) is 0 Å². The van der Waals surface area contributed by atoms with Crippen molar-refractivity contribution in [3.63, 3.8) is 0 Å². The van der Waals surface area contributed by atoms with Crippen LogP contribution >= 0.6 is 31.9 Å². The van der Waals surface area contributed by atoms with Crippen molar-refractivity contribution in [2.45, 2.75) is 12.5 Å². The number of rotatable bonds is 5. The second-order valence-corrected chi connectivity index (χ2v) is 7.23. The van der Waals surface area contributed by atoms with E-state index in [0.717, 1.165) is 15.4 Å². The molecule has 0 aliphatic carbocycles. The van der Waals surface area contributed by atoms with Gasteiger partial charge in [-0.2, -0.15) is 0 Å². The number of amides is 1. The summed E-state index contributed by atoms with van der Waals surface area (Å²) in [5, 5.41) is 2.90. The highest BCUT2D eigenvalue weighted by atomic mass is 79.9. The molecule has 1 heterocycles. The van der Waals surface area contributed by atoms with Crippen LogP contribution in [-0.2, 0) is 4.74 Å². The first-order valence-electron chi connectivity index (χ1n) is 7.76. The predicted molar refractivity (Wildman–Crippen MR) is 103 cm³/mol. The third kappa shape index (κ3) is 4.34. The number of nitrogens with one attached hydrogen (secondary N) is 1. The predicted octanol–water partition coefficient (Wildman–Crippen LogP) is 4.64. The third-order valence-corrected chi connectivity index (χ3v) is 5.13. The van der Waals surface area contributed by atoms with Crippen LogP contribution in [0.15, 0.2) is 45.3 Å². The minimum Gasteiger partial charge on any atom is -0.493 e. The van der Waals surface area contributed by atoms with E-state index in [0.29, 0.717) is 36.0 Å². The van der Waals surface area contributed by atoms with Gasteiger partial charge in [0.15, 0.2) is 11.5 Å². The van der Waals surface area contributed by atoms with Gasteiger partial charge in [0.2, 0.25) is 0 Å². The molecule has 0 spiro atoms. The first kappa shape index (κ1) is 18.2. The number of ether oxygens (including phenoxy) is 3. The van der Waals surface area contributed by atoms with Gasteiger partial charge >= 0.3 is 0 Å². The molecule has 1 amide bonds. The maximum atomic E-state index is 12.6. The molecule has 1 aliphatic rings. The SMILES string of the molecule is COc1ccc(C(=O)Nc2c(Br)cccc2Br)cc1OC1CCOC1. The summed E-state index contributed by atoms with van der Waals surface area (Å²) in [4.78, 5) is 12.6. The zero-order chi connectivity index (χ0) is 17.8. The highest BCUT2D eigenvalue weighted by Gasteiger charge is 2.20. The van der Waals surface area contributed by atoms with E-state index in [4.69, 9.17) is 14.2 Å². The minimum absolute atomic E-state index is 0.0235. The molecule has 1 N–H and O–H groups in total. The van der Waals surface area contributed by atoms with E-state index in [1.54, 1.807) is 25.3 Å². The normalized spacial score (nSPS) is 16.5. The van der Waals surface area contributed by atoms with Crippen molar-refractivity contribution in [3.8, 4) is 11.5 Å². The molecule has 0 radical (unpaired) electrons. The molecule has 1 atom stereocenters. The Morgan fingerprint density at radius 3 is 2.60 bits per heavy atom. The quantitative estimate of drug-likeness (QED) is 0.691. The third-order valence-electron chi connectivity index (χ3n) is 3.81. The lowest BCUT2D eigenvalue weighted by Gasteiger charge is -2.16. The number of halogens is 2. The Bertz CT molecular complexity index is 755. The number of hydrogen-bond donors (Lipinski definition) is 1. The summed E-state index contributed by atoms with van der Waals surface area (Å²) in [7, 11) is 1.57. The Morgan fingerprint density at radius 1 is 1.20 bits per heavy atom. The lowest BCUT2D eigenvalue weighted by Crippen LogP contribution is -2.17. The molecule has 1 fully saturated rings. The number of carbonyl (C=O) groups excluding carboxylic acids is 1. The molecule has 3 rings (SSSR count). The van der Waals surface area contributed by atoms with Gasteiger partial charge in [-0.1, -0.05) is 6.07 Å². The fourth-order valence-electron chi connectivity index (χ4n) is 2.50. The molecule has 7 heteroatoms. The van der Waals surface area contributed by atoms with E-state index in [2.05, 4.69) is 37.2 Å². The minimum atomic E-state index is -0.234. The number of benzene rings is 2. The lowest BCUT2D eigenvalue weighted by atomic mass is 10.1. The van der Waals surface area contributed by atoms with Gasteiger partial charge in [-0.05, 0) is 62.2 Å². The lowest BCUT2D eigenvalue weighted by molar-refractivity contribution is 0.102. The molecule has 0 bridgehead atoms. The van der Waals surface area contributed by atoms with E-state index in [1.165, 1.54) is 0 Å². The van der Waals surface area contributed by atoms with Crippen LogP contribution in [0, 0.1) is 0 Å². The Morgan fingerprint density at radius 2 is 1.96 bits per heavy atom. The van der Waals surface area contributed by atoms with Gasteiger partial charge in [0, 0.05) is 20.9 Å². The molecule has 5 nitrogen and oxygen atoms in total. The molecule has 2 aromatic carbocycles. The summed E-state index contributed by atoms with van der Waals surface area (Å²) in [6.45, 7) is 1.23. The molecule has 1 unspecified atom stereocenters. The molecule has 25 heavy (non-hydrogen) atoms. The summed E-state index contributed by atoms with van der Waals surface area (Å²) in [5.74, 6) is 0.894. The number of hydrogen-bond acceptors (Lipinski definition) is 4. The van der Waals surface area contributed by atoms with Gasteiger partial charge in [0.05, 0.1) is 26.0 Å². The average Bonchev–Trinajstić information content (AvgIpc) is 3.11. The number of anilines is 1. The summed E-state index contributed by atoms with van der Waals surface area (Å²) < 4.78 is 18.2. The van der Waals surface area contributed by atoms with E-state index in [-0.39, 0.29) is 12.0 Å². The Labute approximate surface area is 162 Å². The molecule has 1 saturated heterocycles. The van der Waals surface area contributed by atoms with Crippen molar-refractivity contribution < 1.29 is 19.0 Å². The molecule has 0 saturated carbocycles. The van der Waals surface area contributed by atoms with Crippen LogP contribution in [0.5, 0.6) is 11.5 Å². The first-order valence-corrected chi connectivity index (χ1v) is 9.35. The van der Waals surface area contributed by atoms with Gasteiger partial charge < -0.3 is 19.5 Å². The molecular formula is C18H17Br2NO4. The second kappa shape index (κ2) is 8.21. The maximum absolute atomic E-state index is 12.6. The fraction of sp³-hybridized carbons (Fsp3) is 0.278. The van der Waals surface area contributed by atoms with Crippen molar-refractivity contribution >= 4 is 43.5 Å². The summed E-state index contributed by atoms with van der Waals surface area (Å²) >= 11 is 6.88. The van der Waals surface area contributed by atoms with E-state index >= 15 is 0 Å². The van der Waals surface area contributed by atoms with Crippen LogP contribution < -0.4 is 14.8 Å². The summed E-state index contributed by atoms with van der Waals surface area (Å²) in [6, 6.07) is 10.7. The zero-order valence-corrected chi connectivity index (χ0v) is 16.7. The van der Waals surface area contributed by atoms with Crippen LogP contribution in [0.1, 0.15) is 16.8 Å². The van der Waals surface area contributed by atoms with Crippen LogP contribution in [0.3, 0.4) is 0 Å². The van der Waals surface area contributed by atoms with Gasteiger partial charge in [-0.15, -0.1) is 0 Å². The van der Waals surface area contributed by atoms with Crippen LogP contribution in [0.2, 0.25) is 0 Å². The van der Waals surface area contributed by atoms with Gasteiger partial charge in [0.1, 0.15) is 6.10 Å². The van der Waals surface area contributed by atoms with E-state index in [1.807, 2.05) is 18.2 Å². The number of methoxy groups -OCH3 is 1. The highest BCUT2D eigenvalue weighted by Crippen LogP contribution is 2.33. The summed E-state index contributed by atoms with van der Waals surface area (Å²) in [6.07, 6.45) is 0.799. The molecule has 2 aromatic rings. The van der Waals surface area contributed by atoms with Crippen molar-refractivity contribution in [3.05, 3.63) is 50.9 Å². The number of carbonyl (C=O) groups is 1. The van der Waals surface area contributed by atoms with Crippen molar-refractivity contribution in [2.75, 3.05) is 25.6 Å². The van der Waals surface area contributed by atoms with Crippen LogP contribution in [0.25, 0.3) is 0 Å². The topological polar surface area (TPSA) is 56.8 Å². The molecular weight excluding hydrogens is 454 g/mol. The first-order chi connectivity index (χ1) is 12.1. The smallest absolute Gasteiger partial charge is 0.255 e. The zero-order valence-electron chi connectivity index (χ0n) is 13.6. The Balaban J connectivity index is 1.82. The largest absolute Gasteiger partial charge is 0.493 e. The Kier molecular flexibility index (Phi) is 5.98. The van der Waals surface area contributed by atoms with Gasteiger partial charge in [-0.3, -0.25) is 4.79 Å². The second-order valence-electron chi connectivity index (χ2n) is 5.52.